The summed E-state index contributed by atoms with van der Waals surface area (Å²) in [5.41, 5.74) is 3.40. The largest absolute Gasteiger partial charge is 0.325 e. The molecule has 24 heavy (non-hydrogen) atoms. The minimum atomic E-state index is -0.235. The van der Waals surface area contributed by atoms with Gasteiger partial charge in [-0.15, -0.1) is 0 Å². The van der Waals surface area contributed by atoms with E-state index in [4.69, 9.17) is 0 Å². The molecule has 0 saturated heterocycles. The fourth-order valence-electron chi connectivity index (χ4n) is 3.01. The van der Waals surface area contributed by atoms with E-state index in [-0.39, 0.29) is 18.0 Å². The summed E-state index contributed by atoms with van der Waals surface area (Å²) < 4.78 is 0. The van der Waals surface area contributed by atoms with Gasteiger partial charge in [-0.05, 0) is 55.4 Å². The summed E-state index contributed by atoms with van der Waals surface area (Å²) in [6.07, 6.45) is 3.48. The van der Waals surface area contributed by atoms with E-state index in [0.29, 0.717) is 5.92 Å². The van der Waals surface area contributed by atoms with E-state index < -0.39 is 0 Å². The molecule has 3 nitrogen and oxygen atoms in total. The molecule has 1 saturated carbocycles. The molecule has 0 bridgehead atoms. The van der Waals surface area contributed by atoms with Gasteiger partial charge in [0.1, 0.15) is 0 Å². The molecular formula is C21H26N2O. The summed E-state index contributed by atoms with van der Waals surface area (Å²) in [4.78, 5) is 12.5. The fourth-order valence-corrected chi connectivity index (χ4v) is 3.01. The zero-order valence-corrected chi connectivity index (χ0v) is 14.5. The molecule has 0 radical (unpaired) electrons. The summed E-state index contributed by atoms with van der Waals surface area (Å²) in [6, 6.07) is 18.5. The lowest BCUT2D eigenvalue weighted by Gasteiger charge is -2.23. The lowest BCUT2D eigenvalue weighted by Crippen LogP contribution is -2.40. The fraction of sp³-hybridized carbons (Fsp3) is 0.381. The van der Waals surface area contributed by atoms with Gasteiger partial charge in [-0.3, -0.25) is 10.1 Å². The summed E-state index contributed by atoms with van der Waals surface area (Å²) >= 11 is 0. The SMILES string of the molecule is CCc1ccc(NC(=O)[C@@H](C)N[C@@H](c2ccccc2)C2CC2)cc1. The number of anilines is 1. The highest BCUT2D eigenvalue weighted by molar-refractivity contribution is 5.94. The lowest BCUT2D eigenvalue weighted by atomic mass is 10.0. The first-order valence-corrected chi connectivity index (χ1v) is 8.88. The lowest BCUT2D eigenvalue weighted by molar-refractivity contribution is -0.118. The number of nitrogens with one attached hydrogen (secondary N) is 2. The quantitative estimate of drug-likeness (QED) is 0.797. The van der Waals surface area contributed by atoms with Crippen LogP contribution < -0.4 is 10.6 Å². The Hall–Kier alpha value is -2.13. The van der Waals surface area contributed by atoms with Crippen LogP contribution in [-0.2, 0) is 11.2 Å². The number of benzene rings is 2. The van der Waals surface area contributed by atoms with E-state index in [1.54, 1.807) is 0 Å². The minimum Gasteiger partial charge on any atom is -0.325 e. The van der Waals surface area contributed by atoms with Gasteiger partial charge in [0.05, 0.1) is 6.04 Å². The molecule has 3 heteroatoms. The van der Waals surface area contributed by atoms with Crippen molar-refractivity contribution in [3.05, 3.63) is 65.7 Å². The molecule has 1 amide bonds. The highest BCUT2D eigenvalue weighted by atomic mass is 16.2. The monoisotopic (exact) mass is 322 g/mol. The van der Waals surface area contributed by atoms with Crippen molar-refractivity contribution in [2.24, 2.45) is 5.92 Å². The molecule has 2 N–H and O–H groups in total. The van der Waals surface area contributed by atoms with Gasteiger partial charge in [-0.2, -0.15) is 0 Å². The van der Waals surface area contributed by atoms with Crippen LogP contribution in [0.4, 0.5) is 5.69 Å². The molecule has 0 spiro atoms. The molecule has 126 valence electrons. The molecule has 1 aliphatic rings. The normalized spacial score (nSPS) is 16.4. The van der Waals surface area contributed by atoms with E-state index in [1.807, 2.05) is 25.1 Å². The number of rotatable bonds is 7. The number of hydrogen-bond acceptors (Lipinski definition) is 2. The van der Waals surface area contributed by atoms with E-state index in [1.165, 1.54) is 24.0 Å². The number of carbonyl (C=O) groups excluding carboxylic acids is 1. The molecule has 0 unspecified atom stereocenters. The second-order valence-electron chi connectivity index (χ2n) is 6.65. The standard InChI is InChI=1S/C21H26N2O/c1-3-16-9-13-19(14-10-16)23-21(24)15(2)22-20(18-11-12-18)17-7-5-4-6-8-17/h4-10,13-15,18,20,22H,3,11-12H2,1-2H3,(H,23,24)/t15-,20+/m1/s1. The minimum absolute atomic E-state index is 0.0147. The first kappa shape index (κ1) is 16.7. The van der Waals surface area contributed by atoms with Crippen molar-refractivity contribution in [2.75, 3.05) is 5.32 Å². The average Bonchev–Trinajstić information content (AvgIpc) is 3.45. The van der Waals surface area contributed by atoms with Gasteiger partial charge in [0, 0.05) is 11.7 Å². The van der Waals surface area contributed by atoms with Crippen molar-refractivity contribution < 1.29 is 4.79 Å². The van der Waals surface area contributed by atoms with Crippen LogP contribution >= 0.6 is 0 Å². The third-order valence-corrected chi connectivity index (χ3v) is 4.70. The number of hydrogen-bond donors (Lipinski definition) is 2. The Labute approximate surface area is 144 Å². The number of aryl methyl sites for hydroxylation is 1. The van der Waals surface area contributed by atoms with Gasteiger partial charge in [0.2, 0.25) is 5.91 Å². The Morgan fingerprint density at radius 1 is 1.08 bits per heavy atom. The molecule has 0 heterocycles. The molecule has 2 aromatic carbocycles. The van der Waals surface area contributed by atoms with Crippen LogP contribution in [-0.4, -0.2) is 11.9 Å². The molecule has 1 aliphatic carbocycles. The predicted octanol–water partition coefficient (Wildman–Crippen LogP) is 4.32. The second kappa shape index (κ2) is 7.63. The molecule has 2 atom stereocenters. The topological polar surface area (TPSA) is 41.1 Å². The summed E-state index contributed by atoms with van der Waals surface area (Å²) in [5.74, 6) is 0.660. The zero-order valence-electron chi connectivity index (χ0n) is 14.5. The third kappa shape index (κ3) is 4.24. The predicted molar refractivity (Wildman–Crippen MR) is 99.0 cm³/mol. The Balaban J connectivity index is 1.62. The Morgan fingerprint density at radius 3 is 2.33 bits per heavy atom. The van der Waals surface area contributed by atoms with Gasteiger partial charge in [-0.1, -0.05) is 49.4 Å². The van der Waals surface area contributed by atoms with Crippen LogP contribution in [0, 0.1) is 5.92 Å². The van der Waals surface area contributed by atoms with Crippen molar-refractivity contribution in [1.29, 1.82) is 0 Å². The first-order chi connectivity index (χ1) is 11.7. The average molecular weight is 322 g/mol. The van der Waals surface area contributed by atoms with Crippen LogP contribution in [0.3, 0.4) is 0 Å². The van der Waals surface area contributed by atoms with E-state index >= 15 is 0 Å². The van der Waals surface area contributed by atoms with Crippen molar-refractivity contribution in [2.45, 2.75) is 45.2 Å². The van der Waals surface area contributed by atoms with Crippen molar-refractivity contribution in [3.8, 4) is 0 Å². The Morgan fingerprint density at radius 2 is 1.75 bits per heavy atom. The first-order valence-electron chi connectivity index (χ1n) is 8.88. The van der Waals surface area contributed by atoms with Gasteiger partial charge in [0.15, 0.2) is 0 Å². The molecular weight excluding hydrogens is 296 g/mol. The summed E-state index contributed by atoms with van der Waals surface area (Å²) in [5, 5.41) is 6.53. The third-order valence-electron chi connectivity index (χ3n) is 4.70. The smallest absolute Gasteiger partial charge is 0.241 e. The van der Waals surface area contributed by atoms with Crippen LogP contribution in [0.25, 0.3) is 0 Å². The van der Waals surface area contributed by atoms with Gasteiger partial charge < -0.3 is 5.32 Å². The Kier molecular flexibility index (Phi) is 5.31. The molecule has 1 fully saturated rings. The van der Waals surface area contributed by atoms with Crippen LogP contribution in [0.15, 0.2) is 54.6 Å². The van der Waals surface area contributed by atoms with Crippen molar-refractivity contribution >= 4 is 11.6 Å². The number of carbonyl (C=O) groups is 1. The van der Waals surface area contributed by atoms with Crippen molar-refractivity contribution in [3.63, 3.8) is 0 Å². The summed E-state index contributed by atoms with van der Waals surface area (Å²) in [7, 11) is 0. The summed E-state index contributed by atoms with van der Waals surface area (Å²) in [6.45, 7) is 4.06. The van der Waals surface area contributed by atoms with E-state index in [9.17, 15) is 4.79 Å². The van der Waals surface area contributed by atoms with E-state index in [2.05, 4.69) is 54.0 Å². The maximum atomic E-state index is 12.5. The second-order valence-corrected chi connectivity index (χ2v) is 6.65. The highest BCUT2D eigenvalue weighted by Crippen LogP contribution is 2.41. The van der Waals surface area contributed by atoms with Gasteiger partial charge in [-0.25, -0.2) is 0 Å². The van der Waals surface area contributed by atoms with Crippen LogP contribution in [0.1, 0.15) is 43.9 Å². The molecule has 0 aromatic heterocycles. The number of amides is 1. The Bertz CT molecular complexity index is 662. The van der Waals surface area contributed by atoms with Crippen LogP contribution in [0.5, 0.6) is 0 Å². The molecule has 2 aromatic rings. The van der Waals surface area contributed by atoms with Crippen LogP contribution in [0.2, 0.25) is 0 Å². The van der Waals surface area contributed by atoms with Crippen molar-refractivity contribution in [1.82, 2.24) is 5.32 Å². The molecule has 0 aliphatic heterocycles. The van der Waals surface area contributed by atoms with Gasteiger partial charge >= 0.3 is 0 Å². The maximum Gasteiger partial charge on any atom is 0.241 e. The van der Waals surface area contributed by atoms with Gasteiger partial charge in [0.25, 0.3) is 0 Å². The zero-order chi connectivity index (χ0) is 16.9. The highest BCUT2D eigenvalue weighted by Gasteiger charge is 2.33. The molecule has 3 rings (SSSR count). The maximum absolute atomic E-state index is 12.5. The van der Waals surface area contributed by atoms with E-state index in [0.717, 1.165) is 12.1 Å².